The summed E-state index contributed by atoms with van der Waals surface area (Å²) >= 11 is 5.82. The predicted molar refractivity (Wildman–Crippen MR) is 65.1 cm³/mol. The van der Waals surface area contributed by atoms with Crippen molar-refractivity contribution in [3.05, 3.63) is 52.9 Å². The number of hydrogen-bond donors (Lipinski definition) is 1. The fourth-order valence-corrected chi connectivity index (χ4v) is 2.43. The third kappa shape index (κ3) is 1.59. The molecule has 3 rings (SSSR count). The van der Waals surface area contributed by atoms with Crippen molar-refractivity contribution in [1.82, 2.24) is 0 Å². The Balaban J connectivity index is 2.04. The molecule has 1 unspecified atom stereocenters. The minimum absolute atomic E-state index is 0.324. The molecular weight excluding hydrogens is 222 g/mol. The highest BCUT2D eigenvalue weighted by Crippen LogP contribution is 2.37. The van der Waals surface area contributed by atoms with Crippen LogP contribution in [-0.2, 0) is 0 Å². The minimum Gasteiger partial charge on any atom is -0.449 e. The van der Waals surface area contributed by atoms with Crippen LogP contribution in [0.25, 0.3) is 0 Å². The second kappa shape index (κ2) is 3.87. The van der Waals surface area contributed by atoms with E-state index in [0.29, 0.717) is 11.1 Å². The van der Waals surface area contributed by atoms with Crippen LogP contribution in [0, 0.1) is 0 Å². The first-order valence-corrected chi connectivity index (χ1v) is 5.80. The standard InChI is InChI=1S/C13H12ClNO/c14-13-6-5-12(16-13)10-7-8-15-11-4-2-1-3-9(10)11/h1-6,10,15H,7-8H2. The van der Waals surface area contributed by atoms with Gasteiger partial charge in [0.15, 0.2) is 5.22 Å². The van der Waals surface area contributed by atoms with E-state index >= 15 is 0 Å². The van der Waals surface area contributed by atoms with E-state index in [4.69, 9.17) is 16.0 Å². The number of nitrogens with one attached hydrogen (secondary N) is 1. The van der Waals surface area contributed by atoms with Gasteiger partial charge in [-0.15, -0.1) is 0 Å². The van der Waals surface area contributed by atoms with Crippen molar-refractivity contribution >= 4 is 17.3 Å². The Bertz CT molecular complexity index is 506. The number of para-hydroxylation sites is 1. The van der Waals surface area contributed by atoms with Crippen LogP contribution < -0.4 is 5.32 Å². The quantitative estimate of drug-likeness (QED) is 0.809. The fourth-order valence-electron chi connectivity index (χ4n) is 2.28. The topological polar surface area (TPSA) is 25.2 Å². The maximum Gasteiger partial charge on any atom is 0.193 e. The first kappa shape index (κ1) is 9.79. The summed E-state index contributed by atoms with van der Waals surface area (Å²) in [5.74, 6) is 1.28. The van der Waals surface area contributed by atoms with Crippen LogP contribution in [0.15, 0.2) is 40.8 Å². The van der Waals surface area contributed by atoms with Crippen molar-refractivity contribution in [2.45, 2.75) is 12.3 Å². The van der Waals surface area contributed by atoms with Gasteiger partial charge in [0.1, 0.15) is 5.76 Å². The zero-order valence-electron chi connectivity index (χ0n) is 8.74. The van der Waals surface area contributed by atoms with Gasteiger partial charge in [-0.25, -0.2) is 0 Å². The van der Waals surface area contributed by atoms with Crippen LogP contribution in [0.4, 0.5) is 5.69 Å². The molecule has 1 atom stereocenters. The summed E-state index contributed by atoms with van der Waals surface area (Å²) in [7, 11) is 0. The molecule has 2 nitrogen and oxygen atoms in total. The number of anilines is 1. The minimum atomic E-state index is 0.324. The predicted octanol–water partition coefficient (Wildman–Crippen LogP) is 3.88. The molecule has 3 heteroatoms. The number of fused-ring (bicyclic) bond motifs is 1. The molecule has 1 aliphatic rings. The number of benzene rings is 1. The molecule has 1 aromatic carbocycles. The molecular formula is C13H12ClNO. The van der Waals surface area contributed by atoms with Gasteiger partial charge in [-0.2, -0.15) is 0 Å². The van der Waals surface area contributed by atoms with Gasteiger partial charge < -0.3 is 9.73 Å². The summed E-state index contributed by atoms with van der Waals surface area (Å²) in [6.45, 7) is 0.972. The van der Waals surface area contributed by atoms with E-state index in [2.05, 4.69) is 23.5 Å². The summed E-state index contributed by atoms with van der Waals surface area (Å²) in [6.07, 6.45) is 1.04. The molecule has 0 amide bonds. The molecule has 0 aliphatic carbocycles. The zero-order chi connectivity index (χ0) is 11.0. The first-order chi connectivity index (χ1) is 7.84. The summed E-state index contributed by atoms with van der Waals surface area (Å²) in [6, 6.07) is 12.1. The Morgan fingerprint density at radius 3 is 2.88 bits per heavy atom. The van der Waals surface area contributed by atoms with E-state index in [0.717, 1.165) is 18.7 Å². The van der Waals surface area contributed by atoms with Crippen molar-refractivity contribution in [1.29, 1.82) is 0 Å². The number of rotatable bonds is 1. The summed E-state index contributed by atoms with van der Waals surface area (Å²) < 4.78 is 5.52. The molecule has 0 bridgehead atoms. The molecule has 0 fully saturated rings. The highest BCUT2D eigenvalue weighted by Gasteiger charge is 2.23. The molecule has 0 spiro atoms. The summed E-state index contributed by atoms with van der Waals surface area (Å²) in [5.41, 5.74) is 2.49. The molecule has 2 aromatic rings. The Morgan fingerprint density at radius 1 is 1.19 bits per heavy atom. The van der Waals surface area contributed by atoms with Crippen molar-refractivity contribution in [3.63, 3.8) is 0 Å². The summed E-state index contributed by atoms with van der Waals surface area (Å²) in [4.78, 5) is 0. The largest absolute Gasteiger partial charge is 0.449 e. The SMILES string of the molecule is Clc1ccc(C2CCNc3ccccc32)o1. The third-order valence-electron chi connectivity index (χ3n) is 3.02. The average molecular weight is 234 g/mol. The van der Waals surface area contributed by atoms with Gasteiger partial charge in [-0.05, 0) is 41.8 Å². The molecule has 0 saturated carbocycles. The van der Waals surface area contributed by atoms with Crippen molar-refractivity contribution < 1.29 is 4.42 Å². The lowest BCUT2D eigenvalue weighted by Crippen LogP contribution is -2.16. The smallest absolute Gasteiger partial charge is 0.193 e. The zero-order valence-corrected chi connectivity index (χ0v) is 9.50. The first-order valence-electron chi connectivity index (χ1n) is 5.42. The van der Waals surface area contributed by atoms with Crippen LogP contribution in [0.5, 0.6) is 0 Å². The average Bonchev–Trinajstić information content (AvgIpc) is 2.75. The van der Waals surface area contributed by atoms with E-state index in [-0.39, 0.29) is 0 Å². The lowest BCUT2D eigenvalue weighted by Gasteiger charge is -2.25. The van der Waals surface area contributed by atoms with Crippen LogP contribution in [0.1, 0.15) is 23.7 Å². The molecule has 16 heavy (non-hydrogen) atoms. The Morgan fingerprint density at radius 2 is 2.06 bits per heavy atom. The third-order valence-corrected chi connectivity index (χ3v) is 3.23. The normalized spacial score (nSPS) is 18.9. The molecule has 1 N–H and O–H groups in total. The van der Waals surface area contributed by atoms with Crippen LogP contribution >= 0.6 is 11.6 Å². The van der Waals surface area contributed by atoms with Crippen LogP contribution in [0.2, 0.25) is 5.22 Å². The van der Waals surface area contributed by atoms with E-state index in [9.17, 15) is 0 Å². The Hall–Kier alpha value is -1.41. The molecule has 82 valence electrons. The molecule has 0 saturated heterocycles. The van der Waals surface area contributed by atoms with E-state index in [1.54, 1.807) is 0 Å². The maximum atomic E-state index is 5.82. The molecule has 1 aromatic heterocycles. The van der Waals surface area contributed by atoms with E-state index in [1.165, 1.54) is 11.3 Å². The van der Waals surface area contributed by atoms with Gasteiger partial charge in [-0.3, -0.25) is 0 Å². The molecule has 2 heterocycles. The Kier molecular flexibility index (Phi) is 2.37. The van der Waals surface area contributed by atoms with Crippen molar-refractivity contribution in [2.24, 2.45) is 0 Å². The monoisotopic (exact) mass is 233 g/mol. The summed E-state index contributed by atoms with van der Waals surface area (Å²) in [5, 5.41) is 3.86. The van der Waals surface area contributed by atoms with Gasteiger partial charge in [0.2, 0.25) is 0 Å². The molecule has 1 aliphatic heterocycles. The number of furan rings is 1. The van der Waals surface area contributed by atoms with Crippen LogP contribution in [0.3, 0.4) is 0 Å². The molecule has 0 radical (unpaired) electrons. The van der Waals surface area contributed by atoms with E-state index < -0.39 is 0 Å². The van der Waals surface area contributed by atoms with Gasteiger partial charge in [0.25, 0.3) is 0 Å². The lowest BCUT2D eigenvalue weighted by molar-refractivity contribution is 0.476. The van der Waals surface area contributed by atoms with Crippen molar-refractivity contribution in [3.8, 4) is 0 Å². The fraction of sp³-hybridized carbons (Fsp3) is 0.231. The Labute approximate surface area is 99.2 Å². The number of halogens is 1. The lowest BCUT2D eigenvalue weighted by atomic mass is 9.89. The van der Waals surface area contributed by atoms with Gasteiger partial charge in [-0.1, -0.05) is 18.2 Å². The highest BCUT2D eigenvalue weighted by atomic mass is 35.5. The second-order valence-corrected chi connectivity index (χ2v) is 4.37. The van der Waals surface area contributed by atoms with Crippen LogP contribution in [-0.4, -0.2) is 6.54 Å². The number of hydrogen-bond acceptors (Lipinski definition) is 2. The van der Waals surface area contributed by atoms with Gasteiger partial charge >= 0.3 is 0 Å². The van der Waals surface area contributed by atoms with Gasteiger partial charge in [0.05, 0.1) is 0 Å². The van der Waals surface area contributed by atoms with Gasteiger partial charge in [0, 0.05) is 18.2 Å². The second-order valence-electron chi connectivity index (χ2n) is 4.00. The highest BCUT2D eigenvalue weighted by molar-refractivity contribution is 6.28. The van der Waals surface area contributed by atoms with Crippen molar-refractivity contribution in [2.75, 3.05) is 11.9 Å². The van der Waals surface area contributed by atoms with E-state index in [1.807, 2.05) is 18.2 Å². The maximum absolute atomic E-state index is 5.82.